The van der Waals surface area contributed by atoms with Gasteiger partial charge in [0.1, 0.15) is 0 Å². The molecular formula is C12H20N2O3. The summed E-state index contributed by atoms with van der Waals surface area (Å²) in [4.78, 5) is 25.1. The highest BCUT2D eigenvalue weighted by Gasteiger charge is 2.37. The van der Waals surface area contributed by atoms with Crippen LogP contribution < -0.4 is 5.32 Å². The Morgan fingerprint density at radius 2 is 2.24 bits per heavy atom. The fraction of sp³-hybridized carbons (Fsp3) is 0.833. The Balaban J connectivity index is 1.84. The molecule has 1 N–H and O–H groups in total. The molecule has 0 spiro atoms. The summed E-state index contributed by atoms with van der Waals surface area (Å²) in [6, 6.07) is 0.434. The number of rotatable bonds is 5. The molecular weight excluding hydrogens is 220 g/mol. The van der Waals surface area contributed by atoms with E-state index in [1.54, 1.807) is 4.90 Å². The maximum Gasteiger partial charge on any atom is 0.307 e. The molecule has 2 fully saturated rings. The molecule has 1 saturated heterocycles. The lowest BCUT2D eigenvalue weighted by Crippen LogP contribution is -2.43. The van der Waals surface area contributed by atoms with E-state index in [1.165, 1.54) is 20.0 Å². The Hall–Kier alpha value is -1.10. The summed E-state index contributed by atoms with van der Waals surface area (Å²) in [5, 5.41) is 3.35. The molecule has 0 bridgehead atoms. The summed E-state index contributed by atoms with van der Waals surface area (Å²) >= 11 is 0. The Kier molecular flexibility index (Phi) is 3.66. The van der Waals surface area contributed by atoms with E-state index in [1.807, 2.05) is 6.92 Å². The Bertz CT molecular complexity index is 315. The molecule has 5 heteroatoms. The fourth-order valence-corrected chi connectivity index (χ4v) is 2.26. The van der Waals surface area contributed by atoms with Gasteiger partial charge in [0.05, 0.1) is 19.6 Å². The number of carbonyl (C=O) groups is 2. The molecule has 1 aliphatic carbocycles. The van der Waals surface area contributed by atoms with Gasteiger partial charge in [0.2, 0.25) is 5.91 Å². The number of amides is 1. The molecule has 5 nitrogen and oxygen atoms in total. The highest BCUT2D eigenvalue weighted by atomic mass is 16.5. The summed E-state index contributed by atoms with van der Waals surface area (Å²) in [6.07, 6.45) is 3.49. The van der Waals surface area contributed by atoms with Crippen LogP contribution in [0.2, 0.25) is 0 Å². The van der Waals surface area contributed by atoms with Crippen molar-refractivity contribution in [2.24, 2.45) is 0 Å². The smallest absolute Gasteiger partial charge is 0.307 e. The van der Waals surface area contributed by atoms with E-state index in [0.717, 1.165) is 13.0 Å². The van der Waals surface area contributed by atoms with Crippen LogP contribution in [0.1, 0.15) is 32.6 Å². The summed E-state index contributed by atoms with van der Waals surface area (Å²) in [5.74, 6) is -0.128. The van der Waals surface area contributed by atoms with Gasteiger partial charge in [-0.15, -0.1) is 0 Å². The zero-order valence-electron chi connectivity index (χ0n) is 10.4. The lowest BCUT2D eigenvalue weighted by molar-refractivity contribution is -0.142. The van der Waals surface area contributed by atoms with E-state index < -0.39 is 0 Å². The molecule has 1 heterocycles. The molecule has 2 rings (SSSR count). The van der Waals surface area contributed by atoms with Gasteiger partial charge in [0.25, 0.3) is 0 Å². The molecule has 0 aromatic heterocycles. The third kappa shape index (κ3) is 2.97. The number of hydrogen-bond donors (Lipinski definition) is 1. The molecule has 0 radical (unpaired) electrons. The lowest BCUT2D eigenvalue weighted by Gasteiger charge is -2.24. The van der Waals surface area contributed by atoms with Crippen LogP contribution in [0.15, 0.2) is 0 Å². The minimum Gasteiger partial charge on any atom is -0.469 e. The first-order chi connectivity index (χ1) is 8.11. The van der Waals surface area contributed by atoms with Crippen molar-refractivity contribution < 1.29 is 14.3 Å². The molecule has 17 heavy (non-hydrogen) atoms. The first-order valence-electron chi connectivity index (χ1n) is 6.25. The third-order valence-electron chi connectivity index (χ3n) is 3.48. The van der Waals surface area contributed by atoms with E-state index >= 15 is 0 Å². The van der Waals surface area contributed by atoms with Crippen molar-refractivity contribution in [3.05, 3.63) is 0 Å². The number of hydrogen-bond acceptors (Lipinski definition) is 4. The van der Waals surface area contributed by atoms with Crippen LogP contribution in [0.25, 0.3) is 0 Å². The van der Waals surface area contributed by atoms with E-state index in [0.29, 0.717) is 6.04 Å². The highest BCUT2D eigenvalue weighted by Crippen LogP contribution is 2.23. The van der Waals surface area contributed by atoms with Crippen molar-refractivity contribution in [2.45, 2.75) is 50.7 Å². The van der Waals surface area contributed by atoms with Crippen LogP contribution in [-0.4, -0.2) is 48.6 Å². The topological polar surface area (TPSA) is 58.6 Å². The number of esters is 1. The van der Waals surface area contributed by atoms with Crippen molar-refractivity contribution in [1.29, 1.82) is 0 Å². The normalized spacial score (nSPS) is 26.1. The first kappa shape index (κ1) is 12.4. The van der Waals surface area contributed by atoms with Gasteiger partial charge in [-0.05, 0) is 26.2 Å². The molecule has 1 amide bonds. The quantitative estimate of drug-likeness (QED) is 0.702. The van der Waals surface area contributed by atoms with E-state index in [9.17, 15) is 9.59 Å². The van der Waals surface area contributed by atoms with Gasteiger partial charge in [-0.3, -0.25) is 9.59 Å². The zero-order valence-corrected chi connectivity index (χ0v) is 10.4. The Morgan fingerprint density at radius 1 is 1.53 bits per heavy atom. The van der Waals surface area contributed by atoms with Crippen molar-refractivity contribution in [1.82, 2.24) is 10.2 Å². The number of likely N-dealkylation sites (tertiary alicyclic amines) is 1. The summed E-state index contributed by atoms with van der Waals surface area (Å²) in [7, 11) is 1.37. The number of carbonyl (C=O) groups excluding carboxylic acids is 2. The van der Waals surface area contributed by atoms with Gasteiger partial charge in [-0.25, -0.2) is 0 Å². The second-order valence-corrected chi connectivity index (χ2v) is 4.94. The van der Waals surface area contributed by atoms with E-state index in [4.69, 9.17) is 0 Å². The zero-order chi connectivity index (χ0) is 12.4. The summed E-state index contributed by atoms with van der Waals surface area (Å²) < 4.78 is 4.62. The van der Waals surface area contributed by atoms with Crippen LogP contribution >= 0.6 is 0 Å². The maximum atomic E-state index is 12.1. The second-order valence-electron chi connectivity index (χ2n) is 4.94. The highest BCUT2D eigenvalue weighted by molar-refractivity contribution is 5.85. The molecule has 0 aromatic rings. The van der Waals surface area contributed by atoms with Crippen molar-refractivity contribution >= 4 is 11.9 Å². The Morgan fingerprint density at radius 3 is 2.82 bits per heavy atom. The Labute approximate surface area is 101 Å². The standard InChI is InChI=1S/C12H20N2O3/c1-8(7-11(15)17-2)14-6-5-10(12(14)16)13-9-3-4-9/h8-10,13H,3-7H2,1-2H3. The number of ether oxygens (including phenoxy) is 1. The fourth-order valence-electron chi connectivity index (χ4n) is 2.26. The van der Waals surface area contributed by atoms with Gasteiger partial charge >= 0.3 is 5.97 Å². The third-order valence-corrected chi connectivity index (χ3v) is 3.48. The minimum absolute atomic E-state index is 0.0393. The number of nitrogens with zero attached hydrogens (tertiary/aromatic N) is 1. The average Bonchev–Trinajstić information content (AvgIpc) is 3.04. The van der Waals surface area contributed by atoms with Crippen molar-refractivity contribution in [3.63, 3.8) is 0 Å². The molecule has 1 saturated carbocycles. The lowest BCUT2D eigenvalue weighted by atomic mass is 10.2. The minimum atomic E-state index is -0.260. The van der Waals surface area contributed by atoms with Gasteiger partial charge in [-0.2, -0.15) is 0 Å². The predicted octanol–water partition coefficient (Wildman–Crippen LogP) is 0.291. The van der Waals surface area contributed by atoms with Gasteiger partial charge < -0.3 is 15.0 Å². The molecule has 1 aliphatic heterocycles. The number of nitrogens with one attached hydrogen (secondary N) is 1. The van der Waals surface area contributed by atoms with Crippen LogP contribution in [0, 0.1) is 0 Å². The molecule has 96 valence electrons. The van der Waals surface area contributed by atoms with Gasteiger partial charge in [-0.1, -0.05) is 0 Å². The monoisotopic (exact) mass is 240 g/mol. The van der Waals surface area contributed by atoms with Crippen molar-refractivity contribution in [2.75, 3.05) is 13.7 Å². The van der Waals surface area contributed by atoms with Gasteiger partial charge in [0.15, 0.2) is 0 Å². The molecule has 2 unspecified atom stereocenters. The van der Waals surface area contributed by atoms with E-state index in [-0.39, 0.29) is 30.4 Å². The molecule has 2 aliphatic rings. The predicted molar refractivity (Wildman–Crippen MR) is 62.4 cm³/mol. The van der Waals surface area contributed by atoms with Crippen LogP contribution in [0.5, 0.6) is 0 Å². The summed E-state index contributed by atoms with van der Waals surface area (Å²) in [5.41, 5.74) is 0. The van der Waals surface area contributed by atoms with Crippen LogP contribution in [0.3, 0.4) is 0 Å². The molecule has 0 aromatic carbocycles. The largest absolute Gasteiger partial charge is 0.469 e. The van der Waals surface area contributed by atoms with E-state index in [2.05, 4.69) is 10.1 Å². The van der Waals surface area contributed by atoms with Crippen LogP contribution in [-0.2, 0) is 14.3 Å². The van der Waals surface area contributed by atoms with Crippen LogP contribution in [0.4, 0.5) is 0 Å². The summed E-state index contributed by atoms with van der Waals surface area (Å²) in [6.45, 7) is 2.63. The van der Waals surface area contributed by atoms with Crippen molar-refractivity contribution in [3.8, 4) is 0 Å². The number of methoxy groups -OCH3 is 1. The average molecular weight is 240 g/mol. The SMILES string of the molecule is COC(=O)CC(C)N1CCC(NC2CC2)C1=O. The first-order valence-corrected chi connectivity index (χ1v) is 6.25. The second kappa shape index (κ2) is 5.04. The molecule has 2 atom stereocenters. The van der Waals surface area contributed by atoms with Gasteiger partial charge in [0, 0.05) is 18.6 Å². The maximum absolute atomic E-state index is 12.1.